The van der Waals surface area contributed by atoms with E-state index in [4.69, 9.17) is 5.26 Å². The van der Waals surface area contributed by atoms with Crippen LogP contribution in [-0.4, -0.2) is 89.8 Å². The Hall–Kier alpha value is -5.36. The third-order valence-corrected chi connectivity index (χ3v) is 11.9. The van der Waals surface area contributed by atoms with Gasteiger partial charge >= 0.3 is 11.9 Å². The molecule has 2 amide bonds. The lowest BCUT2D eigenvalue weighted by molar-refractivity contribution is -0.138. The highest BCUT2D eigenvalue weighted by atomic mass is 19.4. The minimum absolute atomic E-state index is 0.177. The number of aromatic nitrogens is 3. The molecule has 1 unspecified atom stereocenters. The van der Waals surface area contributed by atoms with E-state index in [0.29, 0.717) is 36.3 Å². The van der Waals surface area contributed by atoms with Crippen molar-refractivity contribution in [2.24, 2.45) is 5.92 Å². The summed E-state index contributed by atoms with van der Waals surface area (Å²) < 4.78 is 43.1. The Bertz CT molecular complexity index is 2150. The zero-order valence-corrected chi connectivity index (χ0v) is 30.5. The van der Waals surface area contributed by atoms with E-state index in [1.54, 1.807) is 18.3 Å². The fourth-order valence-electron chi connectivity index (χ4n) is 8.71. The predicted octanol–water partition coefficient (Wildman–Crippen LogP) is 4.79. The number of carbonyl (C=O) groups is 2. The smallest absolute Gasteiger partial charge is 0.372 e. The zero-order chi connectivity index (χ0) is 38.3. The molecule has 8 rings (SSSR count). The Labute approximate surface area is 316 Å². The molecule has 12 nitrogen and oxygen atoms in total. The molecule has 4 aliphatic heterocycles. The number of imide groups is 1. The largest absolute Gasteiger partial charge is 0.417 e. The monoisotopic (exact) mass is 755 g/mol. The number of anilines is 3. The standard InChI is InChI=1S/C40H44F3N9O3/c41-40(42,43)34-23-32(6-3-30(34)25-44)49-16-11-29(12-17-49)28-1-4-31(5-2-28)48-14-9-27(10-15-48)26-47-19-21-50(22-20-47)33-13-18-51-36(24-33)46-52(39(51)55)35-7-8-37(53)45-38(35)54/h1-6,13,18,23-24,27,29,35H,7-12,14-17,19-22,26H2,(H,45,53,54). The second-order valence-corrected chi connectivity index (χ2v) is 15.2. The first-order valence-corrected chi connectivity index (χ1v) is 19.2. The van der Waals surface area contributed by atoms with Gasteiger partial charge in [-0.25, -0.2) is 4.79 Å². The minimum Gasteiger partial charge on any atom is -0.372 e. The van der Waals surface area contributed by atoms with E-state index in [1.165, 1.54) is 26.4 Å². The van der Waals surface area contributed by atoms with Gasteiger partial charge in [0.15, 0.2) is 5.65 Å². The maximum Gasteiger partial charge on any atom is 0.417 e. The van der Waals surface area contributed by atoms with Crippen molar-refractivity contribution in [2.75, 3.05) is 73.6 Å². The first kappa shape index (κ1) is 36.6. The molecule has 4 saturated heterocycles. The molecule has 2 aromatic heterocycles. The molecule has 1 N–H and O–H groups in total. The van der Waals surface area contributed by atoms with Crippen LogP contribution in [0.2, 0.25) is 0 Å². The van der Waals surface area contributed by atoms with Crippen LogP contribution in [0.15, 0.2) is 65.6 Å². The number of fused-ring (bicyclic) bond motifs is 1. The van der Waals surface area contributed by atoms with Crippen LogP contribution in [0.25, 0.3) is 5.65 Å². The van der Waals surface area contributed by atoms with Crippen molar-refractivity contribution < 1.29 is 22.8 Å². The van der Waals surface area contributed by atoms with Crippen LogP contribution in [0.1, 0.15) is 67.2 Å². The Morgan fingerprint density at radius 3 is 2.07 bits per heavy atom. The quantitative estimate of drug-likeness (QED) is 0.266. The van der Waals surface area contributed by atoms with Crippen LogP contribution < -0.4 is 25.7 Å². The minimum atomic E-state index is -4.56. The lowest BCUT2D eigenvalue weighted by Crippen LogP contribution is -2.49. The van der Waals surface area contributed by atoms with Gasteiger partial charge in [0.25, 0.3) is 5.91 Å². The van der Waals surface area contributed by atoms with Crippen LogP contribution in [0.5, 0.6) is 0 Å². The van der Waals surface area contributed by atoms with Gasteiger partial charge in [0.1, 0.15) is 6.04 Å². The molecule has 6 heterocycles. The number of hydrogen-bond donors (Lipinski definition) is 1. The molecule has 4 aromatic rings. The normalized spacial score (nSPS) is 20.9. The molecule has 15 heteroatoms. The van der Waals surface area contributed by atoms with E-state index in [-0.39, 0.29) is 24.3 Å². The third-order valence-electron chi connectivity index (χ3n) is 11.9. The number of halogens is 3. The molecule has 0 radical (unpaired) electrons. The number of hydrogen-bond acceptors (Lipinski definition) is 9. The van der Waals surface area contributed by atoms with Crippen molar-refractivity contribution in [2.45, 2.75) is 56.7 Å². The van der Waals surface area contributed by atoms with Gasteiger partial charge in [0.05, 0.1) is 17.2 Å². The summed E-state index contributed by atoms with van der Waals surface area (Å²) >= 11 is 0. The summed E-state index contributed by atoms with van der Waals surface area (Å²) in [6.07, 6.45) is 1.56. The highest BCUT2D eigenvalue weighted by Gasteiger charge is 2.35. The summed E-state index contributed by atoms with van der Waals surface area (Å²) in [7, 11) is 0. The first-order chi connectivity index (χ1) is 26.5. The summed E-state index contributed by atoms with van der Waals surface area (Å²) in [5.74, 6) is 0.161. The Kier molecular flexibility index (Phi) is 10.0. The number of pyridine rings is 1. The number of carbonyl (C=O) groups excluding carboxylic acids is 2. The van der Waals surface area contributed by atoms with Gasteiger partial charge in [0.2, 0.25) is 5.91 Å². The molecule has 0 aliphatic carbocycles. The number of nitrogens with one attached hydrogen (secondary N) is 1. The maximum atomic E-state index is 13.5. The fourth-order valence-corrected chi connectivity index (χ4v) is 8.71. The number of benzene rings is 2. The van der Waals surface area contributed by atoms with E-state index < -0.39 is 29.4 Å². The highest BCUT2D eigenvalue weighted by Crippen LogP contribution is 2.37. The number of alkyl halides is 3. The summed E-state index contributed by atoms with van der Waals surface area (Å²) in [4.78, 5) is 46.2. The Morgan fingerprint density at radius 1 is 0.764 bits per heavy atom. The van der Waals surface area contributed by atoms with Gasteiger partial charge in [-0.2, -0.15) is 23.1 Å². The van der Waals surface area contributed by atoms with Gasteiger partial charge in [-0.15, -0.1) is 5.10 Å². The second kappa shape index (κ2) is 15.1. The Morgan fingerprint density at radius 2 is 1.40 bits per heavy atom. The van der Waals surface area contributed by atoms with E-state index in [0.717, 1.165) is 83.3 Å². The van der Waals surface area contributed by atoms with E-state index >= 15 is 0 Å². The molecule has 55 heavy (non-hydrogen) atoms. The third kappa shape index (κ3) is 7.65. The van der Waals surface area contributed by atoms with Crippen molar-refractivity contribution in [1.82, 2.24) is 24.4 Å². The van der Waals surface area contributed by atoms with Crippen LogP contribution in [0.3, 0.4) is 0 Å². The number of nitriles is 1. The topological polar surface area (TPSA) is 122 Å². The lowest BCUT2D eigenvalue weighted by atomic mass is 9.88. The number of piperidine rings is 3. The van der Waals surface area contributed by atoms with E-state index in [2.05, 4.69) is 49.4 Å². The highest BCUT2D eigenvalue weighted by molar-refractivity contribution is 5.99. The van der Waals surface area contributed by atoms with E-state index in [1.807, 2.05) is 17.0 Å². The van der Waals surface area contributed by atoms with Crippen LogP contribution in [0.4, 0.5) is 30.2 Å². The van der Waals surface area contributed by atoms with Crippen molar-refractivity contribution in [1.29, 1.82) is 5.26 Å². The Balaban J connectivity index is 0.789. The molecule has 0 bridgehead atoms. The molecule has 0 spiro atoms. The average Bonchev–Trinajstić information content (AvgIpc) is 3.52. The van der Waals surface area contributed by atoms with Gasteiger partial charge in [-0.1, -0.05) is 12.1 Å². The van der Waals surface area contributed by atoms with E-state index in [9.17, 15) is 27.6 Å². The summed E-state index contributed by atoms with van der Waals surface area (Å²) in [6.45, 7) is 8.06. The van der Waals surface area contributed by atoms with Gasteiger partial charge < -0.3 is 14.7 Å². The van der Waals surface area contributed by atoms with Crippen molar-refractivity contribution in [3.05, 3.63) is 88.0 Å². The molecule has 0 saturated carbocycles. The number of nitrogens with zero attached hydrogens (tertiary/aromatic N) is 8. The average molecular weight is 756 g/mol. The molecule has 4 aliphatic rings. The van der Waals surface area contributed by atoms with Gasteiger partial charge in [-0.05, 0) is 85.9 Å². The number of rotatable bonds is 7. The molecule has 4 fully saturated rings. The molecular formula is C40H44F3N9O3. The van der Waals surface area contributed by atoms with Crippen LogP contribution >= 0.6 is 0 Å². The predicted molar refractivity (Wildman–Crippen MR) is 201 cm³/mol. The molecule has 1 atom stereocenters. The second-order valence-electron chi connectivity index (χ2n) is 15.2. The molecular weight excluding hydrogens is 711 g/mol. The number of piperazine rings is 1. The summed E-state index contributed by atoms with van der Waals surface area (Å²) in [5.41, 5.74) is 2.86. The summed E-state index contributed by atoms with van der Waals surface area (Å²) in [6, 6.07) is 17.5. The van der Waals surface area contributed by atoms with Gasteiger partial charge in [0, 0.05) is 94.6 Å². The zero-order valence-electron chi connectivity index (χ0n) is 30.5. The van der Waals surface area contributed by atoms with Crippen LogP contribution in [-0.2, 0) is 15.8 Å². The van der Waals surface area contributed by atoms with Crippen molar-refractivity contribution >= 4 is 34.5 Å². The summed E-state index contributed by atoms with van der Waals surface area (Å²) in [5, 5.41) is 15.9. The van der Waals surface area contributed by atoms with Gasteiger partial charge in [-0.3, -0.25) is 24.2 Å². The first-order valence-electron chi connectivity index (χ1n) is 19.2. The fraction of sp³-hybridized carbons (Fsp3) is 0.475. The van der Waals surface area contributed by atoms with Crippen molar-refractivity contribution in [3.8, 4) is 6.07 Å². The number of amides is 2. The SMILES string of the molecule is N#Cc1ccc(N2CCC(c3ccc(N4CCC(CN5CCN(c6ccn7c(=O)n(C8CCC(=O)NC8=O)nc7c6)CC5)CC4)cc3)CC2)cc1C(F)(F)F. The maximum absolute atomic E-state index is 13.5. The van der Waals surface area contributed by atoms with Crippen LogP contribution in [0, 0.1) is 17.2 Å². The lowest BCUT2D eigenvalue weighted by Gasteiger charge is -2.40. The molecule has 2 aromatic carbocycles. The molecule has 288 valence electrons. The van der Waals surface area contributed by atoms with Crippen molar-refractivity contribution in [3.63, 3.8) is 0 Å².